The molecule has 7 heterocycles. The number of imidazole rings is 1. The van der Waals surface area contributed by atoms with Crippen LogP contribution in [0.2, 0.25) is 0 Å². The molecule has 1 amide bonds. The maximum atomic E-state index is 12.7. The van der Waals surface area contributed by atoms with Crippen LogP contribution in [0.15, 0.2) is 42.9 Å². The topological polar surface area (TPSA) is 140 Å². The van der Waals surface area contributed by atoms with Crippen LogP contribution in [0.5, 0.6) is 0 Å². The van der Waals surface area contributed by atoms with Gasteiger partial charge in [0.05, 0.1) is 28.6 Å². The van der Waals surface area contributed by atoms with Gasteiger partial charge < -0.3 is 20.5 Å². The lowest BCUT2D eigenvalue weighted by Crippen LogP contribution is -2.30. The highest BCUT2D eigenvalue weighted by atomic mass is 16.1. The van der Waals surface area contributed by atoms with Crippen molar-refractivity contribution in [3.63, 3.8) is 0 Å². The second kappa shape index (κ2) is 10.6. The maximum absolute atomic E-state index is 12.7. The lowest BCUT2D eigenvalue weighted by atomic mass is 9.94. The first-order valence-corrected chi connectivity index (χ1v) is 14.1. The van der Waals surface area contributed by atoms with E-state index in [0.717, 1.165) is 72.6 Å². The summed E-state index contributed by atoms with van der Waals surface area (Å²) < 4.78 is 0. The third-order valence-electron chi connectivity index (χ3n) is 7.92. The number of anilines is 2. The zero-order valence-corrected chi connectivity index (χ0v) is 22.3. The summed E-state index contributed by atoms with van der Waals surface area (Å²) in [5.74, 6) is 2.01. The van der Waals surface area contributed by atoms with Gasteiger partial charge in [-0.25, -0.2) is 15.0 Å². The molecule has 2 aliphatic rings. The Morgan fingerprint density at radius 3 is 2.75 bits per heavy atom. The minimum Gasteiger partial charge on any atom is -0.355 e. The molecule has 11 nitrogen and oxygen atoms in total. The van der Waals surface area contributed by atoms with E-state index in [9.17, 15) is 4.79 Å². The third-order valence-corrected chi connectivity index (χ3v) is 7.92. The summed E-state index contributed by atoms with van der Waals surface area (Å²) in [4.78, 5) is 37.3. The Balaban J connectivity index is 1.17. The number of rotatable bonds is 6. The fraction of sp³-hybridized carbons (Fsp3) is 0.379. The summed E-state index contributed by atoms with van der Waals surface area (Å²) in [6, 6.07) is 7.75. The number of carbonyl (C=O) groups is 1. The van der Waals surface area contributed by atoms with Crippen LogP contribution in [-0.4, -0.2) is 67.2 Å². The van der Waals surface area contributed by atoms with Gasteiger partial charge in [-0.15, -0.1) is 0 Å². The van der Waals surface area contributed by atoms with Crippen molar-refractivity contribution in [1.82, 2.24) is 40.4 Å². The van der Waals surface area contributed by atoms with Gasteiger partial charge in [-0.1, -0.05) is 0 Å². The predicted molar refractivity (Wildman–Crippen MR) is 155 cm³/mol. The number of carbonyl (C=O) groups excluding carboxylic acids is 1. The van der Waals surface area contributed by atoms with E-state index in [1.165, 1.54) is 19.3 Å². The van der Waals surface area contributed by atoms with Gasteiger partial charge in [-0.3, -0.25) is 14.9 Å². The van der Waals surface area contributed by atoms with Crippen molar-refractivity contribution in [3.8, 4) is 22.8 Å². The molecule has 5 aromatic rings. The molecule has 0 atom stereocenters. The standard InChI is InChI=1S/C29H32N10O/c40-24(14-18-6-9-30-10-7-18)33-20-15-19(16-31-17-20)21-4-5-23-25(34-21)27(38-37-23)28-35-22-8-11-32-29(26(22)36-28)39-12-2-1-3-13-39/h4-5,8,11,15-18,30H,1-3,6-7,9-10,12-14H2,(H,33,40)(H,35,36)(H,37,38). The SMILES string of the molecule is O=C(CC1CCNCC1)Nc1cncc(-c2ccc3[nH]nc(-c4nc5c(N6CCCCC6)nccc5[nH]4)c3n2)c1. The van der Waals surface area contributed by atoms with Crippen molar-refractivity contribution >= 4 is 39.5 Å². The lowest BCUT2D eigenvalue weighted by molar-refractivity contribution is -0.117. The molecule has 4 N–H and O–H groups in total. The molecule has 2 aliphatic heterocycles. The number of pyridine rings is 3. The molecule has 2 fully saturated rings. The van der Waals surface area contributed by atoms with Crippen molar-refractivity contribution in [2.24, 2.45) is 5.92 Å². The number of aromatic nitrogens is 7. The number of nitrogens with one attached hydrogen (secondary N) is 4. The zero-order valence-electron chi connectivity index (χ0n) is 22.3. The number of H-pyrrole nitrogens is 2. The number of amides is 1. The number of nitrogens with zero attached hydrogens (tertiary/aromatic N) is 6. The van der Waals surface area contributed by atoms with E-state index >= 15 is 0 Å². The van der Waals surface area contributed by atoms with E-state index in [0.29, 0.717) is 35.1 Å². The van der Waals surface area contributed by atoms with Gasteiger partial charge in [-0.2, -0.15) is 5.10 Å². The van der Waals surface area contributed by atoms with Crippen molar-refractivity contribution in [1.29, 1.82) is 0 Å². The number of aromatic amines is 2. The first-order chi connectivity index (χ1) is 19.7. The first-order valence-electron chi connectivity index (χ1n) is 14.1. The van der Waals surface area contributed by atoms with E-state index < -0.39 is 0 Å². The van der Waals surface area contributed by atoms with Gasteiger partial charge in [0.2, 0.25) is 5.91 Å². The van der Waals surface area contributed by atoms with E-state index in [1.807, 2.05) is 30.5 Å². The van der Waals surface area contributed by atoms with Crippen molar-refractivity contribution < 1.29 is 4.79 Å². The molecule has 40 heavy (non-hydrogen) atoms. The van der Waals surface area contributed by atoms with Gasteiger partial charge in [0, 0.05) is 37.5 Å². The van der Waals surface area contributed by atoms with E-state index in [-0.39, 0.29) is 5.91 Å². The van der Waals surface area contributed by atoms with Crippen LogP contribution in [0, 0.1) is 5.92 Å². The normalized spacial score (nSPS) is 16.6. The van der Waals surface area contributed by atoms with Crippen molar-refractivity contribution in [3.05, 3.63) is 42.9 Å². The third kappa shape index (κ3) is 4.88. The molecule has 5 aromatic heterocycles. The Kier molecular flexibility index (Phi) is 6.56. The van der Waals surface area contributed by atoms with Gasteiger partial charge in [-0.05, 0) is 75.4 Å². The lowest BCUT2D eigenvalue weighted by Gasteiger charge is -2.27. The van der Waals surface area contributed by atoms with Gasteiger partial charge >= 0.3 is 0 Å². The van der Waals surface area contributed by atoms with Gasteiger partial charge in [0.25, 0.3) is 0 Å². The first kappa shape index (κ1) is 24.6. The fourth-order valence-electron chi connectivity index (χ4n) is 5.80. The second-order valence-corrected chi connectivity index (χ2v) is 10.7. The van der Waals surface area contributed by atoms with E-state index in [2.05, 4.69) is 40.7 Å². The highest BCUT2D eigenvalue weighted by molar-refractivity contribution is 5.94. The number of piperidine rings is 2. The van der Waals surface area contributed by atoms with Crippen LogP contribution in [0.1, 0.15) is 38.5 Å². The van der Waals surface area contributed by atoms with Crippen LogP contribution in [0.4, 0.5) is 11.5 Å². The van der Waals surface area contributed by atoms with E-state index in [1.54, 1.807) is 12.4 Å². The summed E-state index contributed by atoms with van der Waals surface area (Å²) in [6.07, 6.45) is 11.5. The van der Waals surface area contributed by atoms with Crippen LogP contribution < -0.4 is 15.5 Å². The molecule has 2 saturated heterocycles. The summed E-state index contributed by atoms with van der Waals surface area (Å²) in [5, 5.41) is 14.0. The highest BCUT2D eigenvalue weighted by Crippen LogP contribution is 2.31. The molecule has 0 bridgehead atoms. The molecule has 0 saturated carbocycles. The largest absolute Gasteiger partial charge is 0.355 e. The summed E-state index contributed by atoms with van der Waals surface area (Å²) in [6.45, 7) is 3.94. The molecule has 0 radical (unpaired) electrons. The highest BCUT2D eigenvalue weighted by Gasteiger charge is 2.21. The number of fused-ring (bicyclic) bond motifs is 2. The van der Waals surface area contributed by atoms with Crippen LogP contribution in [-0.2, 0) is 4.79 Å². The Labute approximate surface area is 231 Å². The predicted octanol–water partition coefficient (Wildman–Crippen LogP) is 4.28. The summed E-state index contributed by atoms with van der Waals surface area (Å²) in [5.41, 5.74) is 6.17. The molecular formula is C29H32N10O. The number of hydrogen-bond donors (Lipinski definition) is 4. The molecule has 7 rings (SSSR count). The monoisotopic (exact) mass is 536 g/mol. The Hall–Kier alpha value is -4.38. The zero-order chi connectivity index (χ0) is 26.9. The quantitative estimate of drug-likeness (QED) is 0.252. The minimum absolute atomic E-state index is 0.0229. The molecular weight excluding hydrogens is 504 g/mol. The number of hydrogen-bond acceptors (Lipinski definition) is 8. The van der Waals surface area contributed by atoms with E-state index in [4.69, 9.17) is 9.97 Å². The van der Waals surface area contributed by atoms with Gasteiger partial charge in [0.15, 0.2) is 17.3 Å². The van der Waals surface area contributed by atoms with Crippen molar-refractivity contribution in [2.75, 3.05) is 36.4 Å². The van der Waals surface area contributed by atoms with Crippen LogP contribution >= 0.6 is 0 Å². The molecule has 0 aromatic carbocycles. The molecule has 11 heteroatoms. The average molecular weight is 537 g/mol. The van der Waals surface area contributed by atoms with Crippen LogP contribution in [0.3, 0.4) is 0 Å². The maximum Gasteiger partial charge on any atom is 0.224 e. The molecule has 0 unspecified atom stereocenters. The smallest absolute Gasteiger partial charge is 0.224 e. The van der Waals surface area contributed by atoms with Crippen molar-refractivity contribution in [2.45, 2.75) is 38.5 Å². The molecule has 0 aliphatic carbocycles. The Morgan fingerprint density at radius 1 is 1.00 bits per heavy atom. The minimum atomic E-state index is 0.0229. The van der Waals surface area contributed by atoms with Gasteiger partial charge in [0.1, 0.15) is 11.0 Å². The van der Waals surface area contributed by atoms with Crippen LogP contribution in [0.25, 0.3) is 44.8 Å². The average Bonchev–Trinajstić information content (AvgIpc) is 3.62. The summed E-state index contributed by atoms with van der Waals surface area (Å²) >= 11 is 0. The Bertz CT molecular complexity index is 1660. The fourth-order valence-corrected chi connectivity index (χ4v) is 5.80. The summed E-state index contributed by atoms with van der Waals surface area (Å²) in [7, 11) is 0. The Morgan fingerprint density at radius 2 is 1.88 bits per heavy atom. The molecule has 0 spiro atoms. The molecule has 204 valence electrons. The second-order valence-electron chi connectivity index (χ2n) is 10.7.